The normalized spacial score (nSPS) is 9.82. The number of hydrogen-bond acceptors (Lipinski definition) is 0. The van der Waals surface area contributed by atoms with Crippen LogP contribution in [0.5, 0.6) is 0 Å². The Morgan fingerprint density at radius 1 is 1.09 bits per heavy atom. The first-order chi connectivity index (χ1) is 4.85. The summed E-state index contributed by atoms with van der Waals surface area (Å²) >= 11 is 4.85. The summed E-state index contributed by atoms with van der Waals surface area (Å²) in [5, 5.41) is -1.03. The van der Waals surface area contributed by atoms with Gasteiger partial charge < -0.3 is 0 Å². The van der Waals surface area contributed by atoms with Gasteiger partial charge >= 0.3 is 6.18 Å². The van der Waals surface area contributed by atoms with Gasteiger partial charge in [-0.3, -0.25) is 0 Å². The Balaban J connectivity index is 0. The van der Waals surface area contributed by atoms with Crippen molar-refractivity contribution in [3.63, 3.8) is 0 Å². The third-order valence-electron chi connectivity index (χ3n) is 0.688. The first-order valence-corrected chi connectivity index (χ1v) is 3.63. The van der Waals surface area contributed by atoms with Crippen LogP contribution in [0.15, 0.2) is 10.6 Å². The summed E-state index contributed by atoms with van der Waals surface area (Å²) in [6, 6.07) is 0. The van der Waals surface area contributed by atoms with E-state index in [1.807, 2.05) is 13.8 Å². The Bertz CT molecular complexity index is 131. The lowest BCUT2D eigenvalue weighted by molar-refractivity contribution is -0.0852. The van der Waals surface area contributed by atoms with E-state index >= 15 is 0 Å². The number of rotatable bonds is 0. The van der Waals surface area contributed by atoms with E-state index in [2.05, 4.69) is 0 Å². The molecule has 0 aromatic carbocycles. The second-order valence-electron chi connectivity index (χ2n) is 1.81. The number of allylic oxidation sites excluding steroid dienone is 2. The summed E-state index contributed by atoms with van der Waals surface area (Å²) < 4.78 is 34.5. The molecule has 0 saturated carbocycles. The molecule has 0 saturated heterocycles. The summed E-state index contributed by atoms with van der Waals surface area (Å²) in [6.07, 6.45) is -4.37. The van der Waals surface area contributed by atoms with Gasteiger partial charge in [0.2, 0.25) is 0 Å². The van der Waals surface area contributed by atoms with Crippen LogP contribution < -0.4 is 0 Å². The largest absolute Gasteiger partial charge is 0.426 e. The Morgan fingerprint density at radius 3 is 1.36 bits per heavy atom. The van der Waals surface area contributed by atoms with Crippen LogP contribution in [0.1, 0.15) is 27.7 Å². The van der Waals surface area contributed by atoms with E-state index in [1.54, 1.807) is 0 Å². The lowest BCUT2D eigenvalue weighted by Gasteiger charge is -2.04. The Kier molecular flexibility index (Phi) is 6.67. The monoisotopic (exact) mass is 188 g/mol. The maximum absolute atomic E-state index is 11.5. The second kappa shape index (κ2) is 5.47. The van der Waals surface area contributed by atoms with Crippen molar-refractivity contribution in [3.05, 3.63) is 10.6 Å². The second-order valence-corrected chi connectivity index (χ2v) is 2.19. The van der Waals surface area contributed by atoms with Crippen LogP contribution in [0.3, 0.4) is 0 Å². The molecule has 0 aromatic heterocycles. The molecule has 0 aliphatic rings. The van der Waals surface area contributed by atoms with Crippen LogP contribution in [0.4, 0.5) is 13.2 Å². The molecule has 11 heavy (non-hydrogen) atoms. The van der Waals surface area contributed by atoms with E-state index in [-0.39, 0.29) is 5.57 Å². The van der Waals surface area contributed by atoms with Crippen molar-refractivity contribution in [2.75, 3.05) is 0 Å². The summed E-state index contributed by atoms with van der Waals surface area (Å²) in [6.45, 7) is 6.63. The standard InChI is InChI=1S/C5H6ClF3.C2H6/c1-3(2)4(6)5(7,8)9;1-2/h1-2H3;1-2H3. The van der Waals surface area contributed by atoms with E-state index in [1.165, 1.54) is 13.8 Å². The first-order valence-electron chi connectivity index (χ1n) is 3.26. The Morgan fingerprint density at radius 2 is 1.36 bits per heavy atom. The van der Waals surface area contributed by atoms with E-state index in [4.69, 9.17) is 11.6 Å². The first kappa shape index (κ1) is 13.4. The number of alkyl halides is 3. The van der Waals surface area contributed by atoms with Crippen LogP contribution >= 0.6 is 11.6 Å². The van der Waals surface area contributed by atoms with Crippen LogP contribution in [-0.2, 0) is 0 Å². The van der Waals surface area contributed by atoms with E-state index in [0.29, 0.717) is 0 Å². The Labute approximate surface area is 70.0 Å². The highest BCUT2D eigenvalue weighted by atomic mass is 35.5. The third-order valence-corrected chi connectivity index (χ3v) is 1.28. The molecule has 0 amide bonds. The average Bonchev–Trinajstić information content (AvgIpc) is 1.89. The minimum absolute atomic E-state index is 0.0872. The van der Waals surface area contributed by atoms with Crippen molar-refractivity contribution in [1.82, 2.24) is 0 Å². The summed E-state index contributed by atoms with van der Waals surface area (Å²) in [5.41, 5.74) is 0.0872. The van der Waals surface area contributed by atoms with Crippen LogP contribution in [0.25, 0.3) is 0 Å². The van der Waals surface area contributed by atoms with Crippen LogP contribution in [0, 0.1) is 0 Å². The molecule has 0 nitrogen and oxygen atoms in total. The molecular formula is C7H12ClF3. The molecule has 0 radical (unpaired) electrons. The minimum atomic E-state index is -4.37. The summed E-state index contributed by atoms with van der Waals surface area (Å²) in [7, 11) is 0. The van der Waals surface area contributed by atoms with Crippen LogP contribution in [0.2, 0.25) is 0 Å². The molecule has 0 aromatic rings. The zero-order chi connectivity index (χ0) is 9.65. The van der Waals surface area contributed by atoms with Gasteiger partial charge in [0.15, 0.2) is 0 Å². The lowest BCUT2D eigenvalue weighted by atomic mass is 10.3. The molecule has 0 aliphatic heterocycles. The van der Waals surface area contributed by atoms with Crippen molar-refractivity contribution in [3.8, 4) is 0 Å². The fraction of sp³-hybridized carbons (Fsp3) is 0.714. The molecule has 0 atom stereocenters. The smallest absolute Gasteiger partial charge is 0.165 e. The van der Waals surface area contributed by atoms with Gasteiger partial charge in [0.1, 0.15) is 5.03 Å². The molecule has 68 valence electrons. The van der Waals surface area contributed by atoms with Gasteiger partial charge in [-0.05, 0) is 13.8 Å². The van der Waals surface area contributed by atoms with Crippen molar-refractivity contribution >= 4 is 11.6 Å². The van der Waals surface area contributed by atoms with Crippen molar-refractivity contribution in [1.29, 1.82) is 0 Å². The van der Waals surface area contributed by atoms with Gasteiger partial charge in [0.25, 0.3) is 0 Å². The van der Waals surface area contributed by atoms with E-state index in [9.17, 15) is 13.2 Å². The molecule has 0 heterocycles. The van der Waals surface area contributed by atoms with Gasteiger partial charge in [-0.1, -0.05) is 31.0 Å². The van der Waals surface area contributed by atoms with Crippen molar-refractivity contribution in [2.24, 2.45) is 0 Å². The molecule has 0 fully saturated rings. The molecule has 0 N–H and O–H groups in total. The van der Waals surface area contributed by atoms with Crippen molar-refractivity contribution in [2.45, 2.75) is 33.9 Å². The van der Waals surface area contributed by atoms with Crippen LogP contribution in [-0.4, -0.2) is 6.18 Å². The predicted molar refractivity (Wildman–Crippen MR) is 41.6 cm³/mol. The Hall–Kier alpha value is -0.180. The fourth-order valence-corrected chi connectivity index (χ4v) is 0.283. The fourth-order valence-electron chi connectivity index (χ4n) is 0.283. The van der Waals surface area contributed by atoms with Gasteiger partial charge in [0.05, 0.1) is 0 Å². The highest BCUT2D eigenvalue weighted by molar-refractivity contribution is 6.30. The summed E-state index contributed by atoms with van der Waals surface area (Å²) in [4.78, 5) is 0. The van der Waals surface area contributed by atoms with E-state index in [0.717, 1.165) is 0 Å². The molecule has 0 rings (SSSR count). The van der Waals surface area contributed by atoms with Gasteiger partial charge in [-0.15, -0.1) is 0 Å². The molecule has 0 unspecified atom stereocenters. The van der Waals surface area contributed by atoms with Crippen molar-refractivity contribution < 1.29 is 13.2 Å². The maximum Gasteiger partial charge on any atom is 0.426 e. The topological polar surface area (TPSA) is 0 Å². The van der Waals surface area contributed by atoms with Gasteiger partial charge in [-0.25, -0.2) is 0 Å². The number of hydrogen-bond donors (Lipinski definition) is 0. The third kappa shape index (κ3) is 6.23. The highest BCUT2D eigenvalue weighted by Gasteiger charge is 2.32. The lowest BCUT2D eigenvalue weighted by Crippen LogP contribution is -2.07. The zero-order valence-corrected chi connectivity index (χ0v) is 7.77. The minimum Gasteiger partial charge on any atom is -0.165 e. The molecular weight excluding hydrogens is 177 g/mol. The molecule has 4 heteroatoms. The SMILES string of the molecule is CC.CC(C)=C(Cl)C(F)(F)F. The number of halogens is 4. The molecule has 0 bridgehead atoms. The van der Waals surface area contributed by atoms with Gasteiger partial charge in [-0.2, -0.15) is 13.2 Å². The quantitative estimate of drug-likeness (QED) is 0.537. The maximum atomic E-state index is 11.5. The zero-order valence-electron chi connectivity index (χ0n) is 7.01. The van der Waals surface area contributed by atoms with E-state index < -0.39 is 11.2 Å². The average molecular weight is 189 g/mol. The molecule has 0 spiro atoms. The van der Waals surface area contributed by atoms with Gasteiger partial charge in [0, 0.05) is 0 Å². The predicted octanol–water partition coefficient (Wildman–Crippen LogP) is 4.11. The summed E-state index contributed by atoms with van der Waals surface area (Å²) in [5.74, 6) is 0. The highest BCUT2D eigenvalue weighted by Crippen LogP contribution is 2.30. The molecule has 0 aliphatic carbocycles.